The van der Waals surface area contributed by atoms with Crippen molar-refractivity contribution in [1.29, 1.82) is 0 Å². The van der Waals surface area contributed by atoms with E-state index in [0.29, 0.717) is 23.5 Å². The summed E-state index contributed by atoms with van der Waals surface area (Å²) < 4.78 is 5.51. The van der Waals surface area contributed by atoms with E-state index >= 15 is 0 Å². The largest absolute Gasteiger partial charge is 0.479 e. The Bertz CT molecular complexity index is 501. The SMILES string of the molecule is CCN1C(=O)C(C)Oc2ccc(C(=O)CCl)cc21. The number of fused-ring (bicyclic) bond motifs is 1. The summed E-state index contributed by atoms with van der Waals surface area (Å²) in [6, 6.07) is 5.04. The van der Waals surface area contributed by atoms with Crippen molar-refractivity contribution in [2.45, 2.75) is 20.0 Å². The van der Waals surface area contributed by atoms with Crippen molar-refractivity contribution in [2.75, 3.05) is 17.3 Å². The number of halogens is 1. The van der Waals surface area contributed by atoms with Crippen molar-refractivity contribution in [2.24, 2.45) is 0 Å². The van der Waals surface area contributed by atoms with Crippen LogP contribution in [-0.2, 0) is 4.79 Å². The highest BCUT2D eigenvalue weighted by Gasteiger charge is 2.30. The molecule has 0 spiro atoms. The maximum Gasteiger partial charge on any atom is 0.267 e. The number of nitrogens with zero attached hydrogens (tertiary/aromatic N) is 1. The van der Waals surface area contributed by atoms with Gasteiger partial charge < -0.3 is 9.64 Å². The average Bonchev–Trinajstić information content (AvgIpc) is 2.39. The summed E-state index contributed by atoms with van der Waals surface area (Å²) in [7, 11) is 0. The molecule has 0 bridgehead atoms. The fourth-order valence-corrected chi connectivity index (χ4v) is 2.14. The number of hydrogen-bond donors (Lipinski definition) is 0. The number of hydrogen-bond acceptors (Lipinski definition) is 3. The molecule has 1 heterocycles. The fourth-order valence-electron chi connectivity index (χ4n) is 1.98. The molecular weight excluding hydrogens is 254 g/mol. The second kappa shape index (κ2) is 4.98. The van der Waals surface area contributed by atoms with E-state index in [1.54, 1.807) is 30.0 Å². The molecule has 1 aliphatic heterocycles. The summed E-state index contributed by atoms with van der Waals surface area (Å²) in [6.45, 7) is 4.14. The molecule has 96 valence electrons. The molecule has 1 amide bonds. The van der Waals surface area contributed by atoms with Gasteiger partial charge in [0.05, 0.1) is 11.6 Å². The van der Waals surface area contributed by atoms with Crippen molar-refractivity contribution in [3.8, 4) is 5.75 Å². The Morgan fingerprint density at radius 2 is 2.22 bits per heavy atom. The molecule has 1 unspecified atom stereocenters. The standard InChI is InChI=1S/C13H14ClNO3/c1-3-15-10-6-9(11(16)7-14)4-5-12(10)18-8(2)13(15)17/h4-6,8H,3,7H2,1-2H3. The number of amides is 1. The molecule has 0 radical (unpaired) electrons. The highest BCUT2D eigenvalue weighted by Crippen LogP contribution is 2.34. The molecule has 0 aromatic heterocycles. The third-order valence-electron chi connectivity index (χ3n) is 2.93. The first-order valence-corrected chi connectivity index (χ1v) is 6.33. The van der Waals surface area contributed by atoms with Crippen LogP contribution >= 0.6 is 11.6 Å². The lowest BCUT2D eigenvalue weighted by Crippen LogP contribution is -2.44. The number of ether oxygens (including phenoxy) is 1. The minimum Gasteiger partial charge on any atom is -0.479 e. The molecule has 1 atom stereocenters. The van der Waals surface area contributed by atoms with E-state index in [1.165, 1.54) is 0 Å². The Balaban J connectivity index is 2.47. The smallest absolute Gasteiger partial charge is 0.267 e. The van der Waals surface area contributed by atoms with Gasteiger partial charge in [0, 0.05) is 12.1 Å². The Kier molecular flexibility index (Phi) is 3.57. The molecule has 1 aliphatic rings. The minimum absolute atomic E-state index is 0.0733. The Labute approximate surface area is 110 Å². The second-order valence-corrected chi connectivity index (χ2v) is 4.35. The Morgan fingerprint density at radius 3 is 2.83 bits per heavy atom. The molecule has 4 nitrogen and oxygen atoms in total. The number of alkyl halides is 1. The molecule has 0 saturated carbocycles. The number of ketones is 1. The second-order valence-electron chi connectivity index (χ2n) is 4.08. The van der Waals surface area contributed by atoms with Crippen LogP contribution in [0.3, 0.4) is 0 Å². The zero-order chi connectivity index (χ0) is 13.3. The number of likely N-dealkylation sites (N-methyl/N-ethyl adjacent to an activating group) is 1. The zero-order valence-corrected chi connectivity index (χ0v) is 11.0. The summed E-state index contributed by atoms with van der Waals surface area (Å²) in [5.41, 5.74) is 1.13. The minimum atomic E-state index is -0.493. The first-order valence-electron chi connectivity index (χ1n) is 5.79. The highest BCUT2D eigenvalue weighted by atomic mass is 35.5. The van der Waals surface area contributed by atoms with Gasteiger partial charge in [0.25, 0.3) is 5.91 Å². The monoisotopic (exact) mass is 267 g/mol. The first-order chi connectivity index (χ1) is 8.58. The molecule has 0 fully saturated rings. The Morgan fingerprint density at radius 1 is 1.50 bits per heavy atom. The van der Waals surface area contributed by atoms with E-state index in [-0.39, 0.29) is 17.6 Å². The number of Topliss-reactive ketones (excluding diaryl/α,β-unsaturated/α-hetero) is 1. The summed E-state index contributed by atoms with van der Waals surface area (Å²) in [4.78, 5) is 25.1. The van der Waals surface area contributed by atoms with E-state index in [1.807, 2.05) is 6.92 Å². The molecule has 1 aromatic carbocycles. The van der Waals surface area contributed by atoms with E-state index in [9.17, 15) is 9.59 Å². The average molecular weight is 268 g/mol. The van der Waals surface area contributed by atoms with Gasteiger partial charge in [-0.3, -0.25) is 9.59 Å². The number of anilines is 1. The number of carbonyl (C=O) groups excluding carboxylic acids is 2. The highest BCUT2D eigenvalue weighted by molar-refractivity contribution is 6.30. The van der Waals surface area contributed by atoms with E-state index in [2.05, 4.69) is 0 Å². The van der Waals surface area contributed by atoms with Gasteiger partial charge in [0.2, 0.25) is 0 Å². The predicted molar refractivity (Wildman–Crippen MR) is 69.6 cm³/mol. The lowest BCUT2D eigenvalue weighted by Gasteiger charge is -2.32. The molecular formula is C13H14ClNO3. The van der Waals surface area contributed by atoms with Gasteiger partial charge in [0.1, 0.15) is 5.75 Å². The quantitative estimate of drug-likeness (QED) is 0.623. The van der Waals surface area contributed by atoms with Crippen LogP contribution in [0.1, 0.15) is 24.2 Å². The van der Waals surface area contributed by atoms with E-state index in [0.717, 1.165) is 0 Å². The van der Waals surface area contributed by atoms with Gasteiger partial charge in [-0.2, -0.15) is 0 Å². The molecule has 1 aromatic rings. The van der Waals surface area contributed by atoms with Gasteiger partial charge in [-0.15, -0.1) is 11.6 Å². The molecule has 2 rings (SSSR count). The molecule has 5 heteroatoms. The maximum absolute atomic E-state index is 12.0. The zero-order valence-electron chi connectivity index (χ0n) is 10.3. The topological polar surface area (TPSA) is 46.6 Å². The van der Waals surface area contributed by atoms with Gasteiger partial charge in [0.15, 0.2) is 11.9 Å². The van der Waals surface area contributed by atoms with E-state index in [4.69, 9.17) is 16.3 Å². The summed E-state index contributed by atoms with van der Waals surface area (Å²) in [6.07, 6.45) is -0.493. The third kappa shape index (κ3) is 2.08. The van der Waals surface area contributed by atoms with Crippen LogP contribution in [-0.4, -0.2) is 30.2 Å². The van der Waals surface area contributed by atoms with Crippen LogP contribution in [0.15, 0.2) is 18.2 Å². The summed E-state index contributed by atoms with van der Waals surface area (Å²) >= 11 is 5.53. The third-order valence-corrected chi connectivity index (χ3v) is 3.17. The van der Waals surface area contributed by atoms with Crippen LogP contribution in [0.25, 0.3) is 0 Å². The van der Waals surface area contributed by atoms with Gasteiger partial charge in [-0.05, 0) is 32.0 Å². The van der Waals surface area contributed by atoms with Gasteiger partial charge in [-0.1, -0.05) is 0 Å². The van der Waals surface area contributed by atoms with Crippen molar-refractivity contribution in [3.63, 3.8) is 0 Å². The van der Waals surface area contributed by atoms with Gasteiger partial charge >= 0.3 is 0 Å². The molecule has 0 aliphatic carbocycles. The van der Waals surface area contributed by atoms with Crippen molar-refractivity contribution >= 4 is 29.0 Å². The molecule has 0 N–H and O–H groups in total. The molecule has 0 saturated heterocycles. The van der Waals surface area contributed by atoms with Crippen molar-refractivity contribution in [1.82, 2.24) is 0 Å². The van der Waals surface area contributed by atoms with Gasteiger partial charge in [-0.25, -0.2) is 0 Å². The number of benzene rings is 1. The fraction of sp³-hybridized carbons (Fsp3) is 0.385. The number of carbonyl (C=O) groups is 2. The molecule has 18 heavy (non-hydrogen) atoms. The van der Waals surface area contributed by atoms with E-state index < -0.39 is 6.10 Å². The lowest BCUT2D eigenvalue weighted by atomic mass is 10.1. The predicted octanol–water partition coefficient (Wildman–Crippen LogP) is 2.24. The van der Waals surface area contributed by atoms with Crippen LogP contribution in [0, 0.1) is 0 Å². The Hall–Kier alpha value is -1.55. The van der Waals surface area contributed by atoms with Crippen LogP contribution in [0.2, 0.25) is 0 Å². The van der Waals surface area contributed by atoms with Crippen LogP contribution in [0.4, 0.5) is 5.69 Å². The maximum atomic E-state index is 12.0. The first kappa shape index (κ1) is 12.9. The summed E-state index contributed by atoms with van der Waals surface area (Å²) in [5.74, 6) is 0.285. The van der Waals surface area contributed by atoms with Crippen molar-refractivity contribution in [3.05, 3.63) is 23.8 Å². The normalized spacial score (nSPS) is 18.3. The van der Waals surface area contributed by atoms with Crippen LogP contribution in [0.5, 0.6) is 5.75 Å². The number of rotatable bonds is 3. The van der Waals surface area contributed by atoms with Crippen molar-refractivity contribution < 1.29 is 14.3 Å². The lowest BCUT2D eigenvalue weighted by molar-refractivity contribution is -0.125. The summed E-state index contributed by atoms with van der Waals surface area (Å²) in [5, 5.41) is 0. The van der Waals surface area contributed by atoms with Crippen LogP contribution < -0.4 is 9.64 Å².